The van der Waals surface area contributed by atoms with Crippen molar-refractivity contribution in [3.63, 3.8) is 0 Å². The van der Waals surface area contributed by atoms with Crippen molar-refractivity contribution in [2.24, 2.45) is 0 Å². The zero-order valence-electron chi connectivity index (χ0n) is 10.3. The number of furan rings is 1. The van der Waals surface area contributed by atoms with Crippen molar-refractivity contribution in [2.45, 2.75) is 32.9 Å². The minimum absolute atomic E-state index is 0.347. The number of nitrogens with zero attached hydrogens (tertiary/aromatic N) is 3. The van der Waals surface area contributed by atoms with Gasteiger partial charge in [-0.1, -0.05) is 0 Å². The molecule has 0 spiro atoms. The molecule has 0 radical (unpaired) electrons. The lowest BCUT2D eigenvalue weighted by Crippen LogP contribution is -2.20. The summed E-state index contributed by atoms with van der Waals surface area (Å²) in [5, 5.41) is 7.53. The van der Waals surface area contributed by atoms with Gasteiger partial charge >= 0.3 is 0 Å². The minimum Gasteiger partial charge on any atom is -0.469 e. The summed E-state index contributed by atoms with van der Waals surface area (Å²) in [5.74, 6) is 1.97. The zero-order valence-corrected chi connectivity index (χ0v) is 10.3. The van der Waals surface area contributed by atoms with E-state index in [1.807, 2.05) is 16.8 Å². The van der Waals surface area contributed by atoms with E-state index in [9.17, 15) is 0 Å². The predicted octanol–water partition coefficient (Wildman–Crippen LogP) is 1.78. The van der Waals surface area contributed by atoms with Gasteiger partial charge in [0, 0.05) is 19.0 Å². The molecule has 0 amide bonds. The van der Waals surface area contributed by atoms with E-state index < -0.39 is 0 Å². The van der Waals surface area contributed by atoms with Crippen LogP contribution < -0.4 is 5.32 Å². The molecule has 2 aromatic heterocycles. The Kier molecular flexibility index (Phi) is 3.93. The Morgan fingerprint density at radius 3 is 3.06 bits per heavy atom. The highest BCUT2D eigenvalue weighted by molar-refractivity contribution is 4.98. The van der Waals surface area contributed by atoms with Gasteiger partial charge in [0.25, 0.3) is 0 Å². The molecule has 17 heavy (non-hydrogen) atoms. The van der Waals surface area contributed by atoms with Gasteiger partial charge in [-0.05, 0) is 26.0 Å². The molecular weight excluding hydrogens is 216 g/mol. The van der Waals surface area contributed by atoms with Gasteiger partial charge in [0.1, 0.15) is 17.9 Å². The molecule has 0 aromatic carbocycles. The third kappa shape index (κ3) is 3.17. The second-order valence-corrected chi connectivity index (χ2v) is 4.22. The van der Waals surface area contributed by atoms with Crippen LogP contribution >= 0.6 is 0 Å². The van der Waals surface area contributed by atoms with Crippen molar-refractivity contribution < 1.29 is 4.42 Å². The molecule has 0 aliphatic heterocycles. The summed E-state index contributed by atoms with van der Waals surface area (Å²) in [5.41, 5.74) is 0. The highest BCUT2D eigenvalue weighted by Gasteiger charge is 2.06. The van der Waals surface area contributed by atoms with Crippen molar-refractivity contribution in [3.05, 3.63) is 36.3 Å². The smallest absolute Gasteiger partial charge is 0.141 e. The summed E-state index contributed by atoms with van der Waals surface area (Å²) in [7, 11) is 0. The molecular formula is C12H18N4O. The standard InChI is InChI=1S/C12H18N4O/c1-10(2)16-12(14-9-15-16)8-13-6-5-11-4-3-7-17-11/h3-4,7,9-10,13H,5-6,8H2,1-2H3. The average Bonchev–Trinajstić information content (AvgIpc) is 2.95. The molecule has 0 fully saturated rings. The van der Waals surface area contributed by atoms with Crippen LogP contribution in [-0.2, 0) is 13.0 Å². The molecule has 0 bridgehead atoms. The van der Waals surface area contributed by atoms with Gasteiger partial charge in [0.2, 0.25) is 0 Å². The largest absolute Gasteiger partial charge is 0.469 e. The Hall–Kier alpha value is -1.62. The Balaban J connectivity index is 1.76. The summed E-state index contributed by atoms with van der Waals surface area (Å²) in [6, 6.07) is 4.24. The van der Waals surface area contributed by atoms with Crippen LogP contribution in [0.4, 0.5) is 0 Å². The van der Waals surface area contributed by atoms with E-state index in [1.165, 1.54) is 0 Å². The maximum Gasteiger partial charge on any atom is 0.141 e. The SMILES string of the molecule is CC(C)n1ncnc1CNCCc1ccco1. The van der Waals surface area contributed by atoms with E-state index in [0.717, 1.165) is 31.1 Å². The van der Waals surface area contributed by atoms with Crippen molar-refractivity contribution in [2.75, 3.05) is 6.54 Å². The lowest BCUT2D eigenvalue weighted by atomic mass is 10.3. The lowest BCUT2D eigenvalue weighted by Gasteiger charge is -2.09. The van der Waals surface area contributed by atoms with Gasteiger partial charge < -0.3 is 9.73 Å². The number of hydrogen-bond acceptors (Lipinski definition) is 4. The molecule has 0 saturated carbocycles. The van der Waals surface area contributed by atoms with Crippen molar-refractivity contribution in [3.8, 4) is 0 Å². The van der Waals surface area contributed by atoms with Crippen LogP contribution in [0.2, 0.25) is 0 Å². The normalized spacial score (nSPS) is 11.2. The Morgan fingerprint density at radius 1 is 1.47 bits per heavy atom. The van der Waals surface area contributed by atoms with E-state index in [4.69, 9.17) is 4.42 Å². The number of hydrogen-bond donors (Lipinski definition) is 1. The van der Waals surface area contributed by atoms with Gasteiger partial charge in [0.15, 0.2) is 0 Å². The van der Waals surface area contributed by atoms with Crippen LogP contribution in [0.15, 0.2) is 29.1 Å². The molecule has 1 N–H and O–H groups in total. The fraction of sp³-hybridized carbons (Fsp3) is 0.500. The minimum atomic E-state index is 0.347. The average molecular weight is 234 g/mol. The van der Waals surface area contributed by atoms with Crippen molar-refractivity contribution in [1.82, 2.24) is 20.1 Å². The molecule has 0 atom stereocenters. The van der Waals surface area contributed by atoms with E-state index in [0.29, 0.717) is 6.04 Å². The van der Waals surface area contributed by atoms with E-state index in [-0.39, 0.29) is 0 Å². The highest BCUT2D eigenvalue weighted by Crippen LogP contribution is 2.05. The molecule has 2 rings (SSSR count). The summed E-state index contributed by atoms with van der Waals surface area (Å²) >= 11 is 0. The topological polar surface area (TPSA) is 55.9 Å². The van der Waals surface area contributed by atoms with E-state index in [2.05, 4.69) is 29.2 Å². The first kappa shape index (κ1) is 11.9. The van der Waals surface area contributed by atoms with Gasteiger partial charge in [-0.2, -0.15) is 5.10 Å². The summed E-state index contributed by atoms with van der Waals surface area (Å²) in [4.78, 5) is 4.24. The zero-order chi connectivity index (χ0) is 12.1. The van der Waals surface area contributed by atoms with Crippen LogP contribution in [0.3, 0.4) is 0 Å². The van der Waals surface area contributed by atoms with Crippen LogP contribution in [-0.4, -0.2) is 21.3 Å². The molecule has 5 nitrogen and oxygen atoms in total. The molecule has 2 heterocycles. The quantitative estimate of drug-likeness (QED) is 0.774. The Morgan fingerprint density at radius 2 is 2.35 bits per heavy atom. The van der Waals surface area contributed by atoms with Crippen LogP contribution in [0.5, 0.6) is 0 Å². The van der Waals surface area contributed by atoms with Gasteiger partial charge in [-0.15, -0.1) is 0 Å². The molecule has 92 valence electrons. The third-order valence-electron chi connectivity index (χ3n) is 2.55. The Bertz CT molecular complexity index is 433. The fourth-order valence-corrected chi connectivity index (χ4v) is 1.70. The van der Waals surface area contributed by atoms with Crippen molar-refractivity contribution in [1.29, 1.82) is 0 Å². The number of nitrogens with one attached hydrogen (secondary N) is 1. The molecule has 0 aliphatic rings. The fourth-order valence-electron chi connectivity index (χ4n) is 1.70. The van der Waals surface area contributed by atoms with E-state index in [1.54, 1.807) is 12.6 Å². The molecule has 5 heteroatoms. The van der Waals surface area contributed by atoms with Crippen LogP contribution in [0.1, 0.15) is 31.5 Å². The first-order chi connectivity index (χ1) is 8.27. The maximum absolute atomic E-state index is 5.26. The highest BCUT2D eigenvalue weighted by atomic mass is 16.3. The lowest BCUT2D eigenvalue weighted by molar-refractivity contribution is 0.477. The van der Waals surface area contributed by atoms with Crippen molar-refractivity contribution >= 4 is 0 Å². The van der Waals surface area contributed by atoms with Crippen LogP contribution in [0, 0.1) is 0 Å². The van der Waals surface area contributed by atoms with E-state index >= 15 is 0 Å². The Labute approximate surface area is 101 Å². The maximum atomic E-state index is 5.26. The molecule has 0 aliphatic carbocycles. The van der Waals surface area contributed by atoms with Gasteiger partial charge in [-0.25, -0.2) is 9.67 Å². The first-order valence-corrected chi connectivity index (χ1v) is 5.89. The van der Waals surface area contributed by atoms with Gasteiger partial charge in [0.05, 0.1) is 12.8 Å². The molecule has 0 saturated heterocycles. The number of aromatic nitrogens is 3. The second kappa shape index (κ2) is 5.63. The monoisotopic (exact) mass is 234 g/mol. The van der Waals surface area contributed by atoms with Gasteiger partial charge in [-0.3, -0.25) is 0 Å². The second-order valence-electron chi connectivity index (χ2n) is 4.22. The summed E-state index contributed by atoms with van der Waals surface area (Å²) in [6.07, 6.45) is 4.19. The first-order valence-electron chi connectivity index (χ1n) is 5.89. The predicted molar refractivity (Wildman–Crippen MR) is 64.5 cm³/mol. The molecule has 2 aromatic rings. The summed E-state index contributed by atoms with van der Waals surface area (Å²) in [6.45, 7) is 5.80. The number of rotatable bonds is 6. The van der Waals surface area contributed by atoms with Crippen LogP contribution in [0.25, 0.3) is 0 Å². The summed E-state index contributed by atoms with van der Waals surface area (Å²) < 4.78 is 7.19. The molecule has 0 unspecified atom stereocenters. The third-order valence-corrected chi connectivity index (χ3v) is 2.55.